The van der Waals surface area contributed by atoms with E-state index < -0.39 is 0 Å². The fourth-order valence-corrected chi connectivity index (χ4v) is 4.36. The molecule has 1 fully saturated rings. The van der Waals surface area contributed by atoms with Gasteiger partial charge in [-0.05, 0) is 19.1 Å². The Morgan fingerprint density at radius 3 is 2.74 bits per heavy atom. The highest BCUT2D eigenvalue weighted by Crippen LogP contribution is 2.34. The number of para-hydroxylation sites is 1. The molecule has 1 saturated heterocycles. The number of rotatable bonds is 4. The summed E-state index contributed by atoms with van der Waals surface area (Å²) in [6, 6.07) is 9.70. The number of hydrogen-bond donors (Lipinski definition) is 0. The number of carbonyl (C=O) groups is 2. The monoisotopic (exact) mass is 386 g/mol. The molecule has 1 aromatic heterocycles. The molecule has 2 aliphatic heterocycles. The van der Waals surface area contributed by atoms with Crippen LogP contribution in [0.3, 0.4) is 0 Å². The number of carbonyl (C=O) groups excluding carboxylic acids is 2. The van der Waals surface area contributed by atoms with Crippen molar-refractivity contribution >= 4 is 29.3 Å². The lowest BCUT2D eigenvalue weighted by Crippen LogP contribution is -2.52. The minimum absolute atomic E-state index is 0.000197. The van der Waals surface area contributed by atoms with Crippen LogP contribution in [-0.4, -0.2) is 65.2 Å². The molecule has 0 saturated carbocycles. The van der Waals surface area contributed by atoms with E-state index in [-0.39, 0.29) is 18.4 Å². The highest BCUT2D eigenvalue weighted by molar-refractivity contribution is 8.00. The summed E-state index contributed by atoms with van der Waals surface area (Å²) < 4.78 is 5.27. The molecule has 1 aromatic carbocycles. The number of nitrogens with zero attached hydrogens (tertiary/aromatic N) is 4. The zero-order valence-corrected chi connectivity index (χ0v) is 16.1. The van der Waals surface area contributed by atoms with Gasteiger partial charge in [0.05, 0.1) is 23.7 Å². The molecule has 27 heavy (non-hydrogen) atoms. The Morgan fingerprint density at radius 1 is 1.22 bits per heavy atom. The van der Waals surface area contributed by atoms with Crippen LogP contribution in [0.4, 0.5) is 5.69 Å². The summed E-state index contributed by atoms with van der Waals surface area (Å²) in [7, 11) is 0. The Labute approximate surface area is 162 Å². The van der Waals surface area contributed by atoms with Gasteiger partial charge in [-0.2, -0.15) is 0 Å². The first-order valence-electron chi connectivity index (χ1n) is 9.04. The first-order chi connectivity index (χ1) is 13.1. The van der Waals surface area contributed by atoms with E-state index in [9.17, 15) is 9.59 Å². The second kappa shape index (κ2) is 7.74. The molecule has 0 atom stereocenters. The first kappa shape index (κ1) is 18.1. The van der Waals surface area contributed by atoms with Crippen LogP contribution in [0.15, 0.2) is 39.8 Å². The molecular formula is C19H22N4O3S. The molecule has 0 aliphatic carbocycles. The van der Waals surface area contributed by atoms with Crippen molar-refractivity contribution in [2.24, 2.45) is 0 Å². The van der Waals surface area contributed by atoms with Crippen LogP contribution in [0.1, 0.15) is 11.5 Å². The van der Waals surface area contributed by atoms with Gasteiger partial charge in [0.25, 0.3) is 0 Å². The highest BCUT2D eigenvalue weighted by Gasteiger charge is 2.29. The number of benzene rings is 1. The van der Waals surface area contributed by atoms with Crippen LogP contribution in [0.5, 0.6) is 0 Å². The topological polar surface area (TPSA) is 69.9 Å². The molecule has 0 unspecified atom stereocenters. The molecular weight excluding hydrogens is 364 g/mol. The smallest absolute Gasteiger partial charge is 0.242 e. The number of fused-ring (bicyclic) bond motifs is 1. The molecule has 2 amide bonds. The van der Waals surface area contributed by atoms with E-state index in [2.05, 4.69) is 10.1 Å². The summed E-state index contributed by atoms with van der Waals surface area (Å²) in [5.74, 6) is 1.22. The predicted octanol–water partition coefficient (Wildman–Crippen LogP) is 1.77. The molecule has 0 N–H and O–H groups in total. The van der Waals surface area contributed by atoms with Crippen molar-refractivity contribution < 1.29 is 14.1 Å². The van der Waals surface area contributed by atoms with Gasteiger partial charge in [-0.1, -0.05) is 17.3 Å². The largest absolute Gasteiger partial charge is 0.360 e. The van der Waals surface area contributed by atoms with Gasteiger partial charge in [-0.15, -0.1) is 11.8 Å². The average Bonchev–Trinajstić information content (AvgIpc) is 3.09. The Kier molecular flexibility index (Phi) is 5.18. The van der Waals surface area contributed by atoms with Gasteiger partial charge < -0.3 is 14.3 Å². The molecule has 2 aromatic rings. The van der Waals surface area contributed by atoms with Crippen LogP contribution in [0.25, 0.3) is 0 Å². The molecule has 3 heterocycles. The molecule has 0 radical (unpaired) electrons. The lowest BCUT2D eigenvalue weighted by molar-refractivity contribution is -0.132. The normalized spacial score (nSPS) is 17.9. The number of anilines is 1. The molecule has 0 bridgehead atoms. The Hall–Kier alpha value is -2.32. The summed E-state index contributed by atoms with van der Waals surface area (Å²) >= 11 is 1.53. The van der Waals surface area contributed by atoms with Gasteiger partial charge >= 0.3 is 0 Å². The number of thioether (sulfide) groups is 1. The molecule has 7 nitrogen and oxygen atoms in total. The maximum absolute atomic E-state index is 12.8. The zero-order valence-electron chi connectivity index (χ0n) is 15.3. The number of aromatic nitrogens is 1. The van der Waals surface area contributed by atoms with Crippen molar-refractivity contribution in [3.63, 3.8) is 0 Å². The van der Waals surface area contributed by atoms with Crippen LogP contribution in [-0.2, 0) is 16.1 Å². The summed E-state index contributed by atoms with van der Waals surface area (Å²) in [4.78, 5) is 31.9. The second-order valence-electron chi connectivity index (χ2n) is 6.83. The number of piperazine rings is 1. The summed E-state index contributed by atoms with van der Waals surface area (Å²) in [6.07, 6.45) is 0. The van der Waals surface area contributed by atoms with Crippen molar-refractivity contribution in [1.29, 1.82) is 0 Å². The van der Waals surface area contributed by atoms with E-state index in [0.717, 1.165) is 35.1 Å². The number of aryl methyl sites for hydroxylation is 1. The van der Waals surface area contributed by atoms with Crippen LogP contribution in [0.2, 0.25) is 0 Å². The van der Waals surface area contributed by atoms with Crippen molar-refractivity contribution in [2.75, 3.05) is 43.4 Å². The fourth-order valence-electron chi connectivity index (χ4n) is 3.43. The third kappa shape index (κ3) is 4.01. The molecule has 142 valence electrons. The molecule has 2 aliphatic rings. The van der Waals surface area contributed by atoms with E-state index in [4.69, 9.17) is 4.52 Å². The van der Waals surface area contributed by atoms with Gasteiger partial charge in [0.2, 0.25) is 11.8 Å². The maximum Gasteiger partial charge on any atom is 0.242 e. The summed E-state index contributed by atoms with van der Waals surface area (Å²) in [6.45, 7) is 5.60. The number of amides is 2. The van der Waals surface area contributed by atoms with Crippen molar-refractivity contribution in [2.45, 2.75) is 18.4 Å². The fraction of sp³-hybridized carbons (Fsp3) is 0.421. The third-order valence-electron chi connectivity index (χ3n) is 4.88. The second-order valence-corrected chi connectivity index (χ2v) is 7.85. The Bertz CT molecular complexity index is 845. The molecule has 8 heteroatoms. The van der Waals surface area contributed by atoms with Crippen molar-refractivity contribution in [1.82, 2.24) is 15.0 Å². The first-order valence-corrected chi connectivity index (χ1v) is 10.0. The predicted molar refractivity (Wildman–Crippen MR) is 103 cm³/mol. The van der Waals surface area contributed by atoms with Crippen LogP contribution in [0, 0.1) is 6.92 Å². The lowest BCUT2D eigenvalue weighted by Gasteiger charge is -2.36. The molecule has 4 rings (SSSR count). The maximum atomic E-state index is 12.8. The van der Waals surface area contributed by atoms with E-state index in [0.29, 0.717) is 25.4 Å². The zero-order chi connectivity index (χ0) is 18.8. The standard InChI is InChI=1S/C19H22N4O3S/c1-14-10-15(26-20-14)11-21-6-8-22(9-7-21)18(24)12-23-16-4-2-3-5-17(16)27-13-19(23)25/h2-5,10H,6-9,11-13H2,1H3. The van der Waals surface area contributed by atoms with E-state index >= 15 is 0 Å². The lowest BCUT2D eigenvalue weighted by atomic mass is 10.2. The molecule has 0 spiro atoms. The van der Waals surface area contributed by atoms with Crippen molar-refractivity contribution in [3.8, 4) is 0 Å². The SMILES string of the molecule is Cc1cc(CN2CCN(C(=O)CN3C(=O)CSc4ccccc43)CC2)on1. The quantitative estimate of drug-likeness (QED) is 0.798. The van der Waals surface area contributed by atoms with Crippen LogP contribution >= 0.6 is 11.8 Å². The minimum Gasteiger partial charge on any atom is -0.360 e. The van der Waals surface area contributed by atoms with Gasteiger partial charge in [0.1, 0.15) is 6.54 Å². The average molecular weight is 386 g/mol. The van der Waals surface area contributed by atoms with Gasteiger partial charge in [-0.25, -0.2) is 0 Å². The summed E-state index contributed by atoms with van der Waals surface area (Å²) in [5, 5.41) is 3.91. The number of hydrogen-bond acceptors (Lipinski definition) is 6. The van der Waals surface area contributed by atoms with E-state index in [1.807, 2.05) is 42.2 Å². The van der Waals surface area contributed by atoms with Crippen molar-refractivity contribution in [3.05, 3.63) is 41.8 Å². The van der Waals surface area contributed by atoms with Crippen LogP contribution < -0.4 is 4.90 Å². The van der Waals surface area contributed by atoms with E-state index in [1.54, 1.807) is 4.90 Å². The van der Waals surface area contributed by atoms with Gasteiger partial charge in [0.15, 0.2) is 5.76 Å². The van der Waals surface area contributed by atoms with E-state index in [1.165, 1.54) is 11.8 Å². The van der Waals surface area contributed by atoms with Gasteiger partial charge in [0, 0.05) is 37.1 Å². The Morgan fingerprint density at radius 2 is 2.00 bits per heavy atom. The minimum atomic E-state index is -0.00799. The van der Waals surface area contributed by atoms with Gasteiger partial charge in [-0.3, -0.25) is 14.5 Å². The Balaban J connectivity index is 1.34. The summed E-state index contributed by atoms with van der Waals surface area (Å²) in [5.41, 5.74) is 1.72. The highest BCUT2D eigenvalue weighted by atomic mass is 32.2. The third-order valence-corrected chi connectivity index (χ3v) is 5.93.